The van der Waals surface area contributed by atoms with Crippen LogP contribution in [0, 0.1) is 66.7 Å². The van der Waals surface area contributed by atoms with Crippen molar-refractivity contribution in [3.63, 3.8) is 0 Å². The van der Waals surface area contributed by atoms with E-state index in [9.17, 15) is 39.9 Å². The molecule has 12 heteroatoms. The number of ether oxygens (including phenoxy) is 2. The largest absolute Gasteiger partial charge is 0.456 e. The van der Waals surface area contributed by atoms with Gasteiger partial charge < -0.3 is 40.3 Å². The average Bonchev–Trinajstić information content (AvgIpc) is 2.94. The van der Waals surface area contributed by atoms with Crippen molar-refractivity contribution in [2.75, 3.05) is 6.61 Å². The molecule has 44 heavy (non-hydrogen) atoms. The van der Waals surface area contributed by atoms with Crippen molar-refractivity contribution >= 4 is 17.7 Å². The van der Waals surface area contributed by atoms with E-state index in [1.54, 1.807) is 58.0 Å². The fourth-order valence-electron chi connectivity index (χ4n) is 8.56. The Morgan fingerprint density at radius 3 is 2.27 bits per heavy atom. The molecule has 1 radical (unpaired) electrons. The molecule has 0 spiro atoms. The van der Waals surface area contributed by atoms with Gasteiger partial charge in [0.15, 0.2) is 6.10 Å². The topological polar surface area (TPSA) is 183 Å². The van der Waals surface area contributed by atoms with Gasteiger partial charge in [0.2, 0.25) is 5.91 Å². The molecule has 1 amide bonds. The number of aliphatic hydroxyl groups is 5. The fourth-order valence-corrected chi connectivity index (χ4v) is 8.56. The minimum Gasteiger partial charge on any atom is -0.456 e. The first-order valence-corrected chi connectivity index (χ1v) is 14.8. The van der Waals surface area contributed by atoms with Gasteiger partial charge in [-0.3, -0.25) is 9.59 Å². The molecule has 3 fully saturated rings. The molecule has 0 aromatic heterocycles. The zero-order chi connectivity index (χ0) is 31.9. The summed E-state index contributed by atoms with van der Waals surface area (Å²) in [5, 5.41) is 61.2. The molecule has 2 saturated carbocycles. The number of amides is 1. The van der Waals surface area contributed by atoms with Crippen molar-refractivity contribution in [1.29, 1.82) is 0 Å². The second-order valence-corrected chi connectivity index (χ2v) is 13.6. The van der Waals surface area contributed by atoms with Crippen LogP contribution < -0.4 is 5.32 Å². The summed E-state index contributed by atoms with van der Waals surface area (Å²) in [7, 11) is 0. The smallest absolute Gasteiger partial charge is 0.338 e. The molecule has 3 aliphatic carbocycles. The number of Topliss-reactive ketones (excluding diaryl/α,β-unsaturated/α-hetero) is 1. The van der Waals surface area contributed by atoms with E-state index in [0.29, 0.717) is 16.7 Å². The van der Waals surface area contributed by atoms with Crippen LogP contribution >= 0.6 is 0 Å². The van der Waals surface area contributed by atoms with E-state index in [0.717, 1.165) is 0 Å². The van der Waals surface area contributed by atoms with Crippen LogP contribution in [0.2, 0.25) is 0 Å². The van der Waals surface area contributed by atoms with E-state index in [2.05, 4.69) is 5.32 Å². The van der Waals surface area contributed by atoms with Gasteiger partial charge in [0.1, 0.15) is 23.1 Å². The number of fused-ring (bicyclic) bond motifs is 5. The molecule has 9 unspecified atom stereocenters. The van der Waals surface area contributed by atoms with E-state index < -0.39 is 88.1 Å². The van der Waals surface area contributed by atoms with Gasteiger partial charge >= 0.3 is 5.97 Å². The Morgan fingerprint density at radius 2 is 1.73 bits per heavy atom. The van der Waals surface area contributed by atoms with Gasteiger partial charge in [-0.15, -0.1) is 0 Å². The molecule has 1 aromatic rings. The van der Waals surface area contributed by atoms with Crippen LogP contribution in [0.25, 0.3) is 0 Å². The molecule has 4 aliphatic rings. The van der Waals surface area contributed by atoms with E-state index in [4.69, 9.17) is 9.47 Å². The normalized spacial score (nSPS) is 40.5. The van der Waals surface area contributed by atoms with Gasteiger partial charge in [-0.1, -0.05) is 51.1 Å². The summed E-state index contributed by atoms with van der Waals surface area (Å²) in [6.07, 6.45) is -7.08. The SMILES string of the molecule is CC(=O)NC(c1ccccc1)C(O)C(=O)OC1CC2(O)C(O)C3C4(O)COC4CC(O)[C@@]3(C)C(=O)[C@H](C)C(=C1C)C2(C)C.[Ac]. The van der Waals surface area contributed by atoms with Crippen LogP contribution in [0.4, 0.5) is 0 Å². The van der Waals surface area contributed by atoms with Gasteiger partial charge in [0.25, 0.3) is 0 Å². The van der Waals surface area contributed by atoms with Gasteiger partial charge in [0, 0.05) is 81.1 Å². The molecule has 1 saturated heterocycles. The standard InChI is InChI=1S/C32H43NO10.Ac/c1-15-19(43-28(39)24(36)23(33-17(3)34)18-10-8-7-9-11-18)13-32(41)27(38)25-30(6,20(35)12-21-31(25,40)14-42-21)26(37)16(2)22(15)29(32,4)5;/h7-11,16,19-21,23-25,27,35-36,38,40-41H,12-14H2,1-6H3,(H,33,34);/t16-,19?,20?,21?,23?,24?,25?,27?,30-,31?,32?;/m1./s1. The first kappa shape index (κ1) is 35.6. The Labute approximate surface area is 292 Å². The molecule has 2 bridgehead atoms. The van der Waals surface area contributed by atoms with Gasteiger partial charge in [-0.2, -0.15) is 0 Å². The number of ketones is 1. The number of aliphatic hydroxyl groups excluding tert-OH is 3. The first-order chi connectivity index (χ1) is 19.9. The molecule has 239 valence electrons. The van der Waals surface area contributed by atoms with Crippen molar-refractivity contribution in [2.45, 2.75) is 102 Å². The molecule has 1 aromatic carbocycles. The monoisotopic (exact) mass is 828 g/mol. The minimum absolute atomic E-state index is 0. The van der Waals surface area contributed by atoms with Crippen LogP contribution in [0.3, 0.4) is 0 Å². The number of hydrogen-bond donors (Lipinski definition) is 6. The Bertz CT molecular complexity index is 1350. The molecule has 11 nitrogen and oxygen atoms in total. The summed E-state index contributed by atoms with van der Waals surface area (Å²) < 4.78 is 11.4. The Kier molecular flexibility index (Phi) is 9.79. The number of rotatable bonds is 5. The average molecular weight is 829 g/mol. The number of nitrogens with one attached hydrogen (secondary N) is 1. The minimum atomic E-state index is -2.04. The van der Waals surface area contributed by atoms with Crippen molar-refractivity contribution in [2.24, 2.45) is 22.7 Å². The van der Waals surface area contributed by atoms with E-state index in [-0.39, 0.29) is 63.5 Å². The predicted molar refractivity (Wildman–Crippen MR) is 152 cm³/mol. The summed E-state index contributed by atoms with van der Waals surface area (Å²) in [6, 6.07) is 7.33. The van der Waals surface area contributed by atoms with E-state index in [1.165, 1.54) is 13.8 Å². The fraction of sp³-hybridized carbons (Fsp3) is 0.656. The molecule has 6 N–H and O–H groups in total. The van der Waals surface area contributed by atoms with E-state index >= 15 is 0 Å². The molecule has 5 rings (SSSR count). The van der Waals surface area contributed by atoms with Crippen LogP contribution in [0.5, 0.6) is 0 Å². The van der Waals surface area contributed by atoms with Gasteiger partial charge in [0.05, 0.1) is 36.4 Å². The van der Waals surface area contributed by atoms with Crippen LogP contribution in [0.1, 0.15) is 66.0 Å². The zero-order valence-electron chi connectivity index (χ0n) is 26.0. The summed E-state index contributed by atoms with van der Waals surface area (Å²) in [6.45, 7) is 9.37. The molecular formula is C32H43AcNO10. The predicted octanol–water partition coefficient (Wildman–Crippen LogP) is 0.711. The second-order valence-electron chi connectivity index (χ2n) is 13.6. The molecular weight excluding hydrogens is 785 g/mol. The maximum absolute atomic E-state index is 14.3. The Hall–Kier alpha value is -1.23. The number of carbonyl (C=O) groups excluding carboxylic acids is 3. The van der Waals surface area contributed by atoms with Crippen LogP contribution in [-0.2, 0) is 23.9 Å². The van der Waals surface area contributed by atoms with Crippen molar-refractivity contribution in [3.05, 3.63) is 47.0 Å². The van der Waals surface area contributed by atoms with Crippen LogP contribution in [-0.4, -0.2) is 91.5 Å². The zero-order valence-corrected chi connectivity index (χ0v) is 30.7. The van der Waals surface area contributed by atoms with Crippen LogP contribution in [0.15, 0.2) is 41.5 Å². The number of hydrogen-bond acceptors (Lipinski definition) is 10. The van der Waals surface area contributed by atoms with Crippen molar-refractivity contribution in [1.82, 2.24) is 5.32 Å². The Balaban J connectivity index is 0.00000442. The molecule has 1 aliphatic heterocycles. The Morgan fingerprint density at radius 1 is 1.11 bits per heavy atom. The molecule has 11 atom stereocenters. The quantitative estimate of drug-likeness (QED) is 0.183. The first-order valence-electron chi connectivity index (χ1n) is 14.8. The van der Waals surface area contributed by atoms with Crippen molar-refractivity contribution in [3.8, 4) is 0 Å². The third kappa shape index (κ3) is 5.07. The number of esters is 1. The third-order valence-electron chi connectivity index (χ3n) is 11.0. The second kappa shape index (κ2) is 12.1. The number of carbonyl (C=O) groups is 3. The third-order valence-corrected chi connectivity index (χ3v) is 11.0. The maximum Gasteiger partial charge on any atom is 0.338 e. The van der Waals surface area contributed by atoms with E-state index in [1.807, 2.05) is 0 Å². The molecule has 1 heterocycles. The summed E-state index contributed by atoms with van der Waals surface area (Å²) in [5.41, 5.74) is -5.14. The maximum atomic E-state index is 14.3. The van der Waals surface area contributed by atoms with Gasteiger partial charge in [-0.25, -0.2) is 4.79 Å². The summed E-state index contributed by atoms with van der Waals surface area (Å²) in [4.78, 5) is 39.7. The summed E-state index contributed by atoms with van der Waals surface area (Å²) >= 11 is 0. The van der Waals surface area contributed by atoms with Gasteiger partial charge in [-0.05, 0) is 30.6 Å². The number of benzene rings is 1. The summed E-state index contributed by atoms with van der Waals surface area (Å²) in [5.74, 6) is -4.12. The van der Waals surface area contributed by atoms with Crippen molar-refractivity contribution < 1.29 is 93.5 Å².